The molecule has 2 atom stereocenters. The summed E-state index contributed by atoms with van der Waals surface area (Å²) in [6, 6.07) is 5.45. The fourth-order valence-electron chi connectivity index (χ4n) is 2.68. The molecule has 2 rings (SSSR count). The molecule has 0 amide bonds. The molecular weight excluding hydrogens is 334 g/mol. The molecule has 2 unspecified atom stereocenters. The molecule has 0 spiro atoms. The smallest absolute Gasteiger partial charge is 0.176 e. The van der Waals surface area contributed by atoms with Crippen molar-refractivity contribution in [3.05, 3.63) is 28.2 Å². The van der Waals surface area contributed by atoms with E-state index in [1.807, 2.05) is 18.2 Å². The monoisotopic (exact) mass is 355 g/mol. The van der Waals surface area contributed by atoms with Crippen LogP contribution in [0.15, 0.2) is 22.7 Å². The predicted octanol–water partition coefficient (Wildman–Crippen LogP) is 3.00. The van der Waals surface area contributed by atoms with Crippen LogP contribution in [0.2, 0.25) is 0 Å². The number of ketones is 1. The number of ether oxygens (including phenoxy) is 2. The van der Waals surface area contributed by atoms with E-state index in [1.165, 1.54) is 0 Å². The second kappa shape index (κ2) is 7.38. The number of benzene rings is 1. The van der Waals surface area contributed by atoms with Crippen molar-refractivity contribution in [3.63, 3.8) is 0 Å². The molecule has 5 heteroatoms. The summed E-state index contributed by atoms with van der Waals surface area (Å²) in [4.78, 5) is 14.6. The van der Waals surface area contributed by atoms with Gasteiger partial charge in [0.25, 0.3) is 0 Å². The first-order valence-electron chi connectivity index (χ1n) is 7.17. The summed E-state index contributed by atoms with van der Waals surface area (Å²) in [6.07, 6.45) is 1.28. The second-order valence-corrected chi connectivity index (χ2v) is 6.40. The second-order valence-electron chi connectivity index (χ2n) is 5.55. The van der Waals surface area contributed by atoms with Crippen molar-refractivity contribution in [2.45, 2.75) is 19.4 Å². The largest absolute Gasteiger partial charge is 0.496 e. The average molecular weight is 356 g/mol. The van der Waals surface area contributed by atoms with Gasteiger partial charge in [0.1, 0.15) is 5.75 Å². The van der Waals surface area contributed by atoms with Gasteiger partial charge in [-0.3, -0.25) is 9.69 Å². The molecule has 1 heterocycles. The molecule has 4 nitrogen and oxygen atoms in total. The lowest BCUT2D eigenvalue weighted by Gasteiger charge is -2.35. The lowest BCUT2D eigenvalue weighted by Crippen LogP contribution is -2.45. The van der Waals surface area contributed by atoms with Crippen LogP contribution in [-0.4, -0.2) is 50.6 Å². The highest BCUT2D eigenvalue weighted by Crippen LogP contribution is 2.26. The number of Topliss-reactive ketones (excluding diaryl/α,β-unsaturated/α-hetero) is 1. The normalized spacial score (nSPS) is 23.0. The number of methoxy groups -OCH3 is 2. The highest BCUT2D eigenvalue weighted by molar-refractivity contribution is 9.10. The zero-order valence-electron chi connectivity index (χ0n) is 12.8. The van der Waals surface area contributed by atoms with E-state index in [4.69, 9.17) is 9.47 Å². The van der Waals surface area contributed by atoms with Crippen molar-refractivity contribution in [1.82, 2.24) is 4.90 Å². The third-order valence-electron chi connectivity index (χ3n) is 4.12. The fraction of sp³-hybridized carbons (Fsp3) is 0.562. The lowest BCUT2D eigenvalue weighted by atomic mass is 9.95. The summed E-state index contributed by atoms with van der Waals surface area (Å²) >= 11 is 3.42. The number of likely N-dealkylation sites (tertiary alicyclic amines) is 1. The quantitative estimate of drug-likeness (QED) is 0.761. The Labute approximate surface area is 134 Å². The molecule has 116 valence electrons. The van der Waals surface area contributed by atoms with E-state index in [1.54, 1.807) is 14.2 Å². The summed E-state index contributed by atoms with van der Waals surface area (Å²) < 4.78 is 11.5. The topological polar surface area (TPSA) is 38.8 Å². The van der Waals surface area contributed by atoms with Crippen LogP contribution in [-0.2, 0) is 4.74 Å². The van der Waals surface area contributed by atoms with Crippen LogP contribution in [0.1, 0.15) is 23.7 Å². The van der Waals surface area contributed by atoms with Crippen molar-refractivity contribution in [2.75, 3.05) is 33.9 Å². The number of hydrogen-bond acceptors (Lipinski definition) is 4. The minimum Gasteiger partial charge on any atom is -0.496 e. The Bertz CT molecular complexity index is 506. The molecule has 1 saturated heterocycles. The maximum absolute atomic E-state index is 12.4. The van der Waals surface area contributed by atoms with Gasteiger partial charge >= 0.3 is 0 Å². The Morgan fingerprint density at radius 1 is 1.43 bits per heavy atom. The molecule has 0 bridgehead atoms. The van der Waals surface area contributed by atoms with Crippen molar-refractivity contribution in [1.29, 1.82) is 0 Å². The van der Waals surface area contributed by atoms with E-state index in [0.29, 0.717) is 18.0 Å². The molecule has 1 aromatic carbocycles. The Kier molecular flexibility index (Phi) is 5.79. The molecule has 21 heavy (non-hydrogen) atoms. The Hall–Kier alpha value is -0.910. The van der Waals surface area contributed by atoms with E-state index in [0.717, 1.165) is 29.7 Å². The van der Waals surface area contributed by atoms with Crippen LogP contribution in [0.25, 0.3) is 0 Å². The van der Waals surface area contributed by atoms with Crippen LogP contribution in [0.4, 0.5) is 0 Å². The van der Waals surface area contributed by atoms with Crippen LogP contribution < -0.4 is 4.74 Å². The van der Waals surface area contributed by atoms with Gasteiger partial charge in [-0.1, -0.05) is 6.92 Å². The minimum atomic E-state index is 0.128. The molecule has 1 fully saturated rings. The first kappa shape index (κ1) is 16.5. The van der Waals surface area contributed by atoms with Crippen molar-refractivity contribution < 1.29 is 14.3 Å². The lowest BCUT2D eigenvalue weighted by molar-refractivity contribution is -0.00324. The Balaban J connectivity index is 1.99. The summed E-state index contributed by atoms with van der Waals surface area (Å²) in [6.45, 7) is 4.41. The zero-order valence-corrected chi connectivity index (χ0v) is 14.4. The van der Waals surface area contributed by atoms with Crippen LogP contribution >= 0.6 is 15.9 Å². The highest BCUT2D eigenvalue weighted by atomic mass is 79.9. The molecule has 1 aliphatic heterocycles. The Morgan fingerprint density at radius 3 is 2.81 bits per heavy atom. The van der Waals surface area contributed by atoms with Gasteiger partial charge in [0, 0.05) is 19.2 Å². The van der Waals surface area contributed by atoms with E-state index < -0.39 is 0 Å². The SMILES string of the molecule is COc1ccc(C(=O)CN2CCC(C)C(OC)C2)cc1Br. The first-order chi connectivity index (χ1) is 10.0. The molecule has 1 aliphatic rings. The molecule has 0 aliphatic carbocycles. The van der Waals surface area contributed by atoms with Crippen LogP contribution in [0.5, 0.6) is 5.75 Å². The van der Waals surface area contributed by atoms with Gasteiger partial charge in [-0.25, -0.2) is 0 Å². The third kappa shape index (κ3) is 4.05. The molecule has 0 radical (unpaired) electrons. The predicted molar refractivity (Wildman–Crippen MR) is 86.0 cm³/mol. The van der Waals surface area contributed by atoms with E-state index in [2.05, 4.69) is 27.8 Å². The van der Waals surface area contributed by atoms with E-state index in [-0.39, 0.29) is 11.9 Å². The molecule has 0 aromatic heterocycles. The summed E-state index contributed by atoms with van der Waals surface area (Å²) in [5.41, 5.74) is 0.704. The fourth-order valence-corrected chi connectivity index (χ4v) is 3.22. The van der Waals surface area contributed by atoms with Gasteiger partial charge in [-0.2, -0.15) is 0 Å². The summed E-state index contributed by atoms with van der Waals surface area (Å²) in [5, 5.41) is 0. The van der Waals surface area contributed by atoms with Crippen LogP contribution in [0.3, 0.4) is 0 Å². The van der Waals surface area contributed by atoms with E-state index in [9.17, 15) is 4.79 Å². The molecule has 0 N–H and O–H groups in total. The van der Waals surface area contributed by atoms with Crippen LogP contribution in [0, 0.1) is 5.92 Å². The Morgan fingerprint density at radius 2 is 2.19 bits per heavy atom. The van der Waals surface area contributed by atoms with Gasteiger partial charge in [-0.15, -0.1) is 0 Å². The minimum absolute atomic E-state index is 0.128. The number of hydrogen-bond donors (Lipinski definition) is 0. The maximum Gasteiger partial charge on any atom is 0.176 e. The number of carbonyl (C=O) groups excluding carboxylic acids is 1. The molecule has 1 aromatic rings. The summed E-state index contributed by atoms with van der Waals surface area (Å²) in [7, 11) is 3.36. The van der Waals surface area contributed by atoms with Gasteiger partial charge in [0.05, 0.1) is 24.2 Å². The average Bonchev–Trinajstić information content (AvgIpc) is 2.49. The third-order valence-corrected chi connectivity index (χ3v) is 4.74. The van der Waals surface area contributed by atoms with Crippen molar-refractivity contribution in [2.24, 2.45) is 5.92 Å². The summed E-state index contributed by atoms with van der Waals surface area (Å²) in [5.74, 6) is 1.41. The van der Waals surface area contributed by atoms with E-state index >= 15 is 0 Å². The number of halogens is 1. The number of carbonyl (C=O) groups is 1. The maximum atomic E-state index is 12.4. The van der Waals surface area contributed by atoms with Gasteiger partial charge in [0.15, 0.2) is 5.78 Å². The standard InChI is InChI=1S/C16H22BrNO3/c1-11-6-7-18(10-16(11)21-3)9-14(19)12-4-5-15(20-2)13(17)8-12/h4-5,8,11,16H,6-7,9-10H2,1-3H3. The molecular formula is C16H22BrNO3. The van der Waals surface area contributed by atoms with Gasteiger partial charge in [-0.05, 0) is 53.0 Å². The number of rotatable bonds is 5. The first-order valence-corrected chi connectivity index (χ1v) is 7.96. The zero-order chi connectivity index (χ0) is 15.4. The van der Waals surface area contributed by atoms with Crippen molar-refractivity contribution >= 4 is 21.7 Å². The number of piperidine rings is 1. The molecule has 0 saturated carbocycles. The van der Waals surface area contributed by atoms with Crippen molar-refractivity contribution in [3.8, 4) is 5.75 Å². The van der Waals surface area contributed by atoms with Gasteiger partial charge in [0.2, 0.25) is 0 Å². The number of nitrogens with zero attached hydrogens (tertiary/aromatic N) is 1. The van der Waals surface area contributed by atoms with Gasteiger partial charge < -0.3 is 9.47 Å². The highest BCUT2D eigenvalue weighted by Gasteiger charge is 2.27.